The van der Waals surface area contributed by atoms with E-state index in [1.165, 1.54) is 25.7 Å². The van der Waals surface area contributed by atoms with E-state index in [2.05, 4.69) is 32.9 Å². The molecule has 0 fully saturated rings. The Morgan fingerprint density at radius 2 is 1.56 bits per heavy atom. The van der Waals surface area contributed by atoms with Crippen molar-refractivity contribution in [3.63, 3.8) is 0 Å². The van der Waals surface area contributed by atoms with E-state index in [1.807, 2.05) is 18.2 Å². The standard InChI is InChI=1S/C22H34O3/c1-22(2,3)25-19-15-10-8-6-4-5-7-9-14-18-24-21(23)20-16-12-11-13-17-20/h10-13,15-17H,4-9,14,18-19H2,1-3H3/b15-10+. The Balaban J connectivity index is 1.88. The van der Waals surface area contributed by atoms with Crippen molar-refractivity contribution in [3.05, 3.63) is 48.0 Å². The van der Waals surface area contributed by atoms with Gasteiger partial charge in [0.15, 0.2) is 0 Å². The summed E-state index contributed by atoms with van der Waals surface area (Å²) < 4.78 is 10.9. The zero-order valence-electron chi connectivity index (χ0n) is 16.1. The van der Waals surface area contributed by atoms with E-state index >= 15 is 0 Å². The second-order valence-electron chi connectivity index (χ2n) is 7.31. The number of esters is 1. The van der Waals surface area contributed by atoms with Gasteiger partial charge >= 0.3 is 5.97 Å². The van der Waals surface area contributed by atoms with Crippen molar-refractivity contribution in [1.29, 1.82) is 0 Å². The Bertz CT molecular complexity index is 486. The number of benzene rings is 1. The van der Waals surface area contributed by atoms with Crippen LogP contribution in [0.3, 0.4) is 0 Å². The molecule has 0 unspecified atom stereocenters. The van der Waals surface area contributed by atoms with Gasteiger partial charge < -0.3 is 9.47 Å². The minimum absolute atomic E-state index is 0.0558. The molecule has 1 rings (SSSR count). The number of ether oxygens (including phenoxy) is 2. The molecule has 0 aliphatic carbocycles. The van der Waals surface area contributed by atoms with Crippen molar-refractivity contribution >= 4 is 5.97 Å². The molecule has 0 amide bonds. The molecule has 0 saturated carbocycles. The van der Waals surface area contributed by atoms with Crippen LogP contribution in [0.15, 0.2) is 42.5 Å². The molecule has 0 bridgehead atoms. The van der Waals surface area contributed by atoms with E-state index in [4.69, 9.17) is 9.47 Å². The van der Waals surface area contributed by atoms with Gasteiger partial charge in [-0.25, -0.2) is 4.79 Å². The fourth-order valence-corrected chi connectivity index (χ4v) is 2.38. The minimum atomic E-state index is -0.220. The van der Waals surface area contributed by atoms with Gasteiger partial charge in [-0.05, 0) is 52.2 Å². The molecule has 3 nitrogen and oxygen atoms in total. The van der Waals surface area contributed by atoms with Gasteiger partial charge in [-0.3, -0.25) is 0 Å². The molecular weight excluding hydrogens is 312 g/mol. The van der Waals surface area contributed by atoms with Crippen LogP contribution in [0, 0.1) is 0 Å². The van der Waals surface area contributed by atoms with Crippen molar-refractivity contribution in [1.82, 2.24) is 0 Å². The lowest BCUT2D eigenvalue weighted by molar-refractivity contribution is 0.0149. The second kappa shape index (κ2) is 12.7. The van der Waals surface area contributed by atoms with Crippen molar-refractivity contribution in [2.24, 2.45) is 0 Å². The molecule has 3 heteroatoms. The molecule has 1 aromatic rings. The molecule has 140 valence electrons. The molecule has 0 saturated heterocycles. The fraction of sp³-hybridized carbons (Fsp3) is 0.591. The summed E-state index contributed by atoms with van der Waals surface area (Å²) >= 11 is 0. The number of carbonyl (C=O) groups is 1. The Morgan fingerprint density at radius 3 is 2.24 bits per heavy atom. The molecule has 1 aromatic carbocycles. The number of unbranched alkanes of at least 4 members (excludes halogenated alkanes) is 6. The molecule has 0 heterocycles. The van der Waals surface area contributed by atoms with Crippen molar-refractivity contribution in [3.8, 4) is 0 Å². The topological polar surface area (TPSA) is 35.5 Å². The number of carbonyl (C=O) groups excluding carboxylic acids is 1. The van der Waals surface area contributed by atoms with Crippen LogP contribution in [0.2, 0.25) is 0 Å². The quantitative estimate of drug-likeness (QED) is 0.267. The first-order chi connectivity index (χ1) is 12.0. The fourth-order valence-electron chi connectivity index (χ4n) is 2.38. The normalized spacial score (nSPS) is 11.8. The highest BCUT2D eigenvalue weighted by Crippen LogP contribution is 2.09. The first-order valence-corrected chi connectivity index (χ1v) is 9.50. The molecule has 0 spiro atoms. The maximum Gasteiger partial charge on any atom is 0.338 e. The zero-order valence-corrected chi connectivity index (χ0v) is 16.1. The zero-order chi connectivity index (χ0) is 18.4. The van der Waals surface area contributed by atoms with Crippen LogP contribution in [0.1, 0.15) is 76.1 Å². The van der Waals surface area contributed by atoms with Crippen LogP contribution in [-0.2, 0) is 9.47 Å². The molecule has 0 N–H and O–H groups in total. The first kappa shape index (κ1) is 21.4. The molecule has 0 aliphatic rings. The molecule has 0 atom stereocenters. The van der Waals surface area contributed by atoms with Crippen LogP contribution in [0.25, 0.3) is 0 Å². The van der Waals surface area contributed by atoms with Gasteiger partial charge in [-0.15, -0.1) is 0 Å². The third-order valence-electron chi connectivity index (χ3n) is 3.79. The lowest BCUT2D eigenvalue weighted by atomic mass is 10.1. The van der Waals surface area contributed by atoms with Crippen LogP contribution < -0.4 is 0 Å². The van der Waals surface area contributed by atoms with Crippen LogP contribution >= 0.6 is 0 Å². The van der Waals surface area contributed by atoms with Gasteiger partial charge in [-0.1, -0.05) is 56.0 Å². The largest absolute Gasteiger partial charge is 0.462 e. The molecule has 25 heavy (non-hydrogen) atoms. The number of hydrogen-bond donors (Lipinski definition) is 0. The highest BCUT2D eigenvalue weighted by Gasteiger charge is 2.07. The third-order valence-corrected chi connectivity index (χ3v) is 3.79. The highest BCUT2D eigenvalue weighted by atomic mass is 16.5. The predicted molar refractivity (Wildman–Crippen MR) is 104 cm³/mol. The Morgan fingerprint density at radius 1 is 0.920 bits per heavy atom. The van der Waals surface area contributed by atoms with Crippen LogP contribution in [0.4, 0.5) is 0 Å². The molecule has 0 radical (unpaired) electrons. The van der Waals surface area contributed by atoms with Gasteiger partial charge in [-0.2, -0.15) is 0 Å². The molecule has 0 aliphatic heterocycles. The van der Waals surface area contributed by atoms with Crippen molar-refractivity contribution in [2.75, 3.05) is 13.2 Å². The van der Waals surface area contributed by atoms with Crippen LogP contribution in [0.5, 0.6) is 0 Å². The predicted octanol–water partition coefficient (Wildman–Crippen LogP) is 5.95. The third kappa shape index (κ3) is 12.4. The van der Waals surface area contributed by atoms with E-state index in [0.29, 0.717) is 18.8 Å². The summed E-state index contributed by atoms with van der Waals surface area (Å²) in [6.45, 7) is 7.44. The van der Waals surface area contributed by atoms with Crippen molar-refractivity contribution < 1.29 is 14.3 Å². The summed E-state index contributed by atoms with van der Waals surface area (Å²) in [6, 6.07) is 9.16. The lowest BCUT2D eigenvalue weighted by Crippen LogP contribution is -2.18. The van der Waals surface area contributed by atoms with Gasteiger partial charge in [0.1, 0.15) is 0 Å². The number of hydrogen-bond acceptors (Lipinski definition) is 3. The Kier molecular flexibility index (Phi) is 10.9. The van der Waals surface area contributed by atoms with E-state index in [9.17, 15) is 4.79 Å². The monoisotopic (exact) mass is 346 g/mol. The maximum absolute atomic E-state index is 11.7. The summed E-state index contributed by atoms with van der Waals surface area (Å²) in [7, 11) is 0. The first-order valence-electron chi connectivity index (χ1n) is 9.50. The van der Waals surface area contributed by atoms with E-state index in [1.54, 1.807) is 12.1 Å². The summed E-state index contributed by atoms with van der Waals surface area (Å²) in [5.74, 6) is -0.220. The smallest absolute Gasteiger partial charge is 0.338 e. The van der Waals surface area contributed by atoms with Gasteiger partial charge in [0.2, 0.25) is 0 Å². The highest BCUT2D eigenvalue weighted by molar-refractivity contribution is 5.89. The van der Waals surface area contributed by atoms with Gasteiger partial charge in [0.25, 0.3) is 0 Å². The maximum atomic E-state index is 11.7. The number of rotatable bonds is 12. The summed E-state index contributed by atoms with van der Waals surface area (Å²) in [5.41, 5.74) is 0.572. The molecular formula is C22H34O3. The SMILES string of the molecule is CC(C)(C)OC/C=C/CCCCCCCCOC(=O)c1ccccc1. The number of allylic oxidation sites excluding steroid dienone is 1. The Hall–Kier alpha value is -1.61. The second-order valence-corrected chi connectivity index (χ2v) is 7.31. The summed E-state index contributed by atoms with van der Waals surface area (Å²) in [5, 5.41) is 0. The average molecular weight is 347 g/mol. The van der Waals surface area contributed by atoms with Gasteiger partial charge in [0, 0.05) is 0 Å². The van der Waals surface area contributed by atoms with E-state index in [0.717, 1.165) is 19.3 Å². The Labute approximate surface area is 153 Å². The minimum Gasteiger partial charge on any atom is -0.462 e. The van der Waals surface area contributed by atoms with Crippen LogP contribution in [-0.4, -0.2) is 24.8 Å². The summed E-state index contributed by atoms with van der Waals surface area (Å²) in [4.78, 5) is 11.7. The van der Waals surface area contributed by atoms with E-state index < -0.39 is 0 Å². The van der Waals surface area contributed by atoms with Crippen molar-refractivity contribution in [2.45, 2.75) is 71.3 Å². The summed E-state index contributed by atoms with van der Waals surface area (Å²) in [6.07, 6.45) is 12.5. The van der Waals surface area contributed by atoms with E-state index in [-0.39, 0.29) is 11.6 Å². The molecule has 0 aromatic heterocycles. The lowest BCUT2D eigenvalue weighted by Gasteiger charge is -2.17. The van der Waals surface area contributed by atoms with Gasteiger partial charge in [0.05, 0.1) is 24.4 Å². The average Bonchev–Trinajstić information content (AvgIpc) is 2.58.